The van der Waals surface area contributed by atoms with E-state index in [4.69, 9.17) is 0 Å². The summed E-state index contributed by atoms with van der Waals surface area (Å²) in [6, 6.07) is 0. The molecule has 0 saturated heterocycles. The number of carbonyl (C=O) groups is 2. The monoisotopic (exact) mass is 298 g/mol. The van der Waals surface area contributed by atoms with Crippen LogP contribution in [0.2, 0.25) is 0 Å². The van der Waals surface area contributed by atoms with E-state index in [9.17, 15) is 9.59 Å². The molecule has 0 rings (SSSR count). The highest BCUT2D eigenvalue weighted by Crippen LogP contribution is 2.13. The topological polar surface area (TPSA) is 58.2 Å². The molecular weight excluding hydrogens is 264 g/mol. The first-order valence-electron chi connectivity index (χ1n) is 8.12. The summed E-state index contributed by atoms with van der Waals surface area (Å²) in [6.07, 6.45) is 5.44. The fourth-order valence-electron chi connectivity index (χ4n) is 1.71. The van der Waals surface area contributed by atoms with Crippen LogP contribution in [0.5, 0.6) is 0 Å². The van der Waals surface area contributed by atoms with Crippen LogP contribution < -0.4 is 10.6 Å². The zero-order valence-electron chi connectivity index (χ0n) is 14.8. The van der Waals surface area contributed by atoms with Crippen LogP contribution in [0.25, 0.3) is 0 Å². The minimum atomic E-state index is -0.300. The van der Waals surface area contributed by atoms with Gasteiger partial charge in [-0.2, -0.15) is 0 Å². The molecule has 0 heterocycles. The number of rotatable bonds is 8. The predicted molar refractivity (Wildman–Crippen MR) is 88.0 cm³/mol. The molecule has 0 atom stereocenters. The molecule has 0 spiro atoms. The SMILES string of the molecule is CC(C)(C)C(=O)NCCCCCCCNC(=O)C(C)(C)C. The lowest BCUT2D eigenvalue weighted by Gasteiger charge is -2.17. The lowest BCUT2D eigenvalue weighted by Crippen LogP contribution is -2.35. The predicted octanol–water partition coefficient (Wildman–Crippen LogP) is 3.26. The van der Waals surface area contributed by atoms with Crippen LogP contribution >= 0.6 is 0 Å². The molecule has 2 amide bonds. The molecule has 21 heavy (non-hydrogen) atoms. The summed E-state index contributed by atoms with van der Waals surface area (Å²) in [5.74, 6) is 0.236. The van der Waals surface area contributed by atoms with Crippen LogP contribution in [0.15, 0.2) is 0 Å². The molecule has 0 fully saturated rings. The van der Waals surface area contributed by atoms with E-state index in [0.717, 1.165) is 45.2 Å². The summed E-state index contributed by atoms with van der Waals surface area (Å²) >= 11 is 0. The van der Waals surface area contributed by atoms with E-state index in [-0.39, 0.29) is 22.6 Å². The summed E-state index contributed by atoms with van der Waals surface area (Å²) in [5.41, 5.74) is -0.601. The van der Waals surface area contributed by atoms with Crippen LogP contribution in [0.1, 0.15) is 73.6 Å². The molecule has 2 N–H and O–H groups in total. The van der Waals surface area contributed by atoms with Gasteiger partial charge in [0.2, 0.25) is 11.8 Å². The summed E-state index contributed by atoms with van der Waals surface area (Å²) in [6.45, 7) is 13.1. The number of carbonyl (C=O) groups excluding carboxylic acids is 2. The van der Waals surface area contributed by atoms with Gasteiger partial charge in [-0.25, -0.2) is 0 Å². The van der Waals surface area contributed by atoms with Crippen molar-refractivity contribution in [1.82, 2.24) is 10.6 Å². The third kappa shape index (κ3) is 10.3. The smallest absolute Gasteiger partial charge is 0.225 e. The fourth-order valence-corrected chi connectivity index (χ4v) is 1.71. The molecule has 0 aromatic rings. The zero-order valence-corrected chi connectivity index (χ0v) is 14.8. The van der Waals surface area contributed by atoms with Crippen LogP contribution in [-0.2, 0) is 9.59 Å². The van der Waals surface area contributed by atoms with Gasteiger partial charge >= 0.3 is 0 Å². The summed E-state index contributed by atoms with van der Waals surface area (Å²) in [5, 5.41) is 5.92. The van der Waals surface area contributed by atoms with Gasteiger partial charge in [0.1, 0.15) is 0 Å². The first-order valence-corrected chi connectivity index (χ1v) is 8.12. The fraction of sp³-hybridized carbons (Fsp3) is 0.882. The zero-order chi connectivity index (χ0) is 16.5. The van der Waals surface area contributed by atoms with Gasteiger partial charge in [-0.15, -0.1) is 0 Å². The second-order valence-electron chi connectivity index (χ2n) is 7.78. The maximum Gasteiger partial charge on any atom is 0.225 e. The van der Waals surface area contributed by atoms with Crippen molar-refractivity contribution >= 4 is 11.8 Å². The molecule has 0 aliphatic heterocycles. The standard InChI is InChI=1S/C17H34N2O2/c1-16(2,3)14(20)18-12-10-8-7-9-11-13-19-15(21)17(4,5)6/h7-13H2,1-6H3,(H,18,20)(H,19,21). The Bertz CT molecular complexity index is 293. The first-order chi connectivity index (χ1) is 9.55. The van der Waals surface area contributed by atoms with E-state index in [0.29, 0.717) is 0 Å². The Morgan fingerprint density at radius 1 is 0.619 bits per heavy atom. The van der Waals surface area contributed by atoms with Crippen molar-refractivity contribution in [3.63, 3.8) is 0 Å². The average molecular weight is 298 g/mol. The third-order valence-corrected chi connectivity index (χ3v) is 3.29. The highest BCUT2D eigenvalue weighted by molar-refractivity contribution is 5.81. The maximum absolute atomic E-state index is 11.6. The Labute approximate surface area is 130 Å². The van der Waals surface area contributed by atoms with Gasteiger partial charge in [-0.3, -0.25) is 9.59 Å². The van der Waals surface area contributed by atoms with Gasteiger partial charge in [0.25, 0.3) is 0 Å². The van der Waals surface area contributed by atoms with Crippen molar-refractivity contribution in [1.29, 1.82) is 0 Å². The second-order valence-corrected chi connectivity index (χ2v) is 7.78. The molecule has 0 aromatic carbocycles. The molecule has 4 heteroatoms. The minimum Gasteiger partial charge on any atom is -0.356 e. The van der Waals surface area contributed by atoms with Gasteiger partial charge in [-0.1, -0.05) is 60.8 Å². The quantitative estimate of drug-likeness (QED) is 0.676. The number of hydrogen-bond donors (Lipinski definition) is 2. The molecule has 0 aliphatic rings. The van der Waals surface area contributed by atoms with E-state index >= 15 is 0 Å². The summed E-state index contributed by atoms with van der Waals surface area (Å²) in [7, 11) is 0. The lowest BCUT2D eigenvalue weighted by molar-refractivity contribution is -0.129. The first kappa shape index (κ1) is 19.9. The number of hydrogen-bond acceptors (Lipinski definition) is 2. The highest BCUT2D eigenvalue weighted by Gasteiger charge is 2.20. The molecule has 0 bridgehead atoms. The van der Waals surface area contributed by atoms with E-state index < -0.39 is 0 Å². The van der Waals surface area contributed by atoms with Crippen molar-refractivity contribution < 1.29 is 9.59 Å². The van der Waals surface area contributed by atoms with Crippen molar-refractivity contribution in [3.8, 4) is 0 Å². The van der Waals surface area contributed by atoms with Crippen LogP contribution in [0, 0.1) is 10.8 Å². The summed E-state index contributed by atoms with van der Waals surface area (Å²) in [4.78, 5) is 23.3. The van der Waals surface area contributed by atoms with Crippen LogP contribution in [0.4, 0.5) is 0 Å². The van der Waals surface area contributed by atoms with Gasteiger partial charge < -0.3 is 10.6 Å². The molecule has 0 aromatic heterocycles. The minimum absolute atomic E-state index is 0.118. The molecule has 124 valence electrons. The molecule has 0 radical (unpaired) electrons. The van der Waals surface area contributed by atoms with E-state index in [1.807, 2.05) is 41.5 Å². The highest BCUT2D eigenvalue weighted by atomic mass is 16.2. The molecule has 0 unspecified atom stereocenters. The Morgan fingerprint density at radius 3 is 1.19 bits per heavy atom. The lowest BCUT2D eigenvalue weighted by atomic mass is 9.95. The van der Waals surface area contributed by atoms with Crippen molar-refractivity contribution in [2.45, 2.75) is 73.6 Å². The van der Waals surface area contributed by atoms with E-state index in [1.165, 1.54) is 0 Å². The van der Waals surface area contributed by atoms with E-state index in [1.54, 1.807) is 0 Å². The largest absolute Gasteiger partial charge is 0.356 e. The van der Waals surface area contributed by atoms with Gasteiger partial charge in [-0.05, 0) is 12.8 Å². The summed E-state index contributed by atoms with van der Waals surface area (Å²) < 4.78 is 0. The number of amides is 2. The normalized spacial score (nSPS) is 12.1. The van der Waals surface area contributed by atoms with Gasteiger partial charge in [0, 0.05) is 23.9 Å². The van der Waals surface area contributed by atoms with Crippen molar-refractivity contribution in [3.05, 3.63) is 0 Å². The van der Waals surface area contributed by atoms with Crippen LogP contribution in [-0.4, -0.2) is 24.9 Å². The van der Waals surface area contributed by atoms with Crippen molar-refractivity contribution in [2.24, 2.45) is 10.8 Å². The Morgan fingerprint density at radius 2 is 0.905 bits per heavy atom. The molecule has 4 nitrogen and oxygen atoms in total. The Balaban J connectivity index is 3.42. The second kappa shape index (κ2) is 9.06. The maximum atomic E-state index is 11.6. The van der Waals surface area contributed by atoms with Crippen molar-refractivity contribution in [2.75, 3.05) is 13.1 Å². The molecule has 0 aliphatic carbocycles. The van der Waals surface area contributed by atoms with Gasteiger partial charge in [0.05, 0.1) is 0 Å². The number of nitrogens with one attached hydrogen (secondary N) is 2. The van der Waals surface area contributed by atoms with Gasteiger partial charge in [0.15, 0.2) is 0 Å². The van der Waals surface area contributed by atoms with Crippen LogP contribution in [0.3, 0.4) is 0 Å². The molecule has 0 saturated carbocycles. The molecular formula is C17H34N2O2. The third-order valence-electron chi connectivity index (χ3n) is 3.29. The number of unbranched alkanes of at least 4 members (excludes halogenated alkanes) is 4. The Hall–Kier alpha value is -1.06. The Kier molecular flexibility index (Phi) is 8.60. The average Bonchev–Trinajstić information content (AvgIpc) is 2.33. The van der Waals surface area contributed by atoms with E-state index in [2.05, 4.69) is 10.6 Å².